The predicted octanol–water partition coefficient (Wildman–Crippen LogP) is 5.84. The van der Waals surface area contributed by atoms with Crippen LogP contribution < -0.4 is 9.64 Å². The number of terminal acetylenes is 1. The number of methoxy groups -OCH3 is 3. The summed E-state index contributed by atoms with van der Waals surface area (Å²) >= 11 is 0. The van der Waals surface area contributed by atoms with Gasteiger partial charge >= 0.3 is 17.9 Å². The molecule has 0 bridgehead atoms. The molecule has 2 aromatic carbocycles. The summed E-state index contributed by atoms with van der Waals surface area (Å²) in [5.74, 6) is -3.14. The number of aromatic nitrogens is 1. The van der Waals surface area contributed by atoms with E-state index in [-0.39, 0.29) is 38.4 Å². The van der Waals surface area contributed by atoms with E-state index in [2.05, 4.69) is 15.8 Å². The van der Waals surface area contributed by atoms with E-state index >= 15 is 13.6 Å². The number of ether oxygens (including phenoxy) is 4. The van der Waals surface area contributed by atoms with Crippen molar-refractivity contribution in [3.05, 3.63) is 70.4 Å². The molecule has 1 unspecified atom stereocenters. The summed E-state index contributed by atoms with van der Waals surface area (Å²) in [7, 11) is 5.86. The van der Waals surface area contributed by atoms with Crippen LogP contribution in [0.4, 0.5) is 14.5 Å². The fourth-order valence-electron chi connectivity index (χ4n) is 12.8. The van der Waals surface area contributed by atoms with Crippen molar-refractivity contribution in [3.63, 3.8) is 0 Å². The predicted molar refractivity (Wildman–Crippen MR) is 229 cm³/mol. The first-order valence-electron chi connectivity index (χ1n) is 21.6. The van der Waals surface area contributed by atoms with Crippen molar-refractivity contribution in [3.8, 4) is 18.1 Å². The second kappa shape index (κ2) is 15.4. The van der Waals surface area contributed by atoms with Crippen LogP contribution in [0.2, 0.25) is 0 Å². The number of aliphatic hydroxyl groups is 1. The van der Waals surface area contributed by atoms with Gasteiger partial charge in [-0.05, 0) is 81.1 Å². The van der Waals surface area contributed by atoms with Gasteiger partial charge in [-0.25, -0.2) is 13.6 Å². The van der Waals surface area contributed by atoms with Crippen molar-refractivity contribution in [1.29, 1.82) is 0 Å². The second-order valence-corrected chi connectivity index (χ2v) is 18.1. The molecule has 8 atom stereocenters. The van der Waals surface area contributed by atoms with E-state index in [4.69, 9.17) is 25.4 Å². The normalized spacial score (nSPS) is 31.9. The highest BCUT2D eigenvalue weighted by Crippen LogP contribution is 2.68. The summed E-state index contributed by atoms with van der Waals surface area (Å²) in [6.07, 6.45) is 9.95. The van der Waals surface area contributed by atoms with Gasteiger partial charge in [0.1, 0.15) is 11.2 Å². The number of anilines is 1. The molecule has 3 aromatic rings. The molecule has 1 aliphatic carbocycles. The minimum atomic E-state index is -3.00. The SMILES string of the molecule is C#Cc1ccc2[nH]c3c(c2c1)CN(CC)CC(C(C)(F)F)CCC[C@]3(C(=O)OC)c1cc2c(cc1OC)N(C)[C@H]1[C@@](O)(C(=O)OC)[C@H](OC(C)=O)[C@]3(CC)C=CCN4CC[C@]21[C@@H]43. The topological polar surface area (TPSA) is 134 Å². The fourth-order valence-corrected chi connectivity index (χ4v) is 12.8. The van der Waals surface area contributed by atoms with Gasteiger partial charge in [-0.1, -0.05) is 38.3 Å². The molecule has 14 heteroatoms. The molecule has 2 N–H and O–H groups in total. The summed E-state index contributed by atoms with van der Waals surface area (Å²) in [6.45, 7) is 8.18. The molecule has 0 amide bonds. The van der Waals surface area contributed by atoms with Crippen LogP contribution >= 0.6 is 0 Å². The standard InChI is InChI=1S/C48H58F2N4O8/c1-10-29-16-17-35-31(23-29)32-27-53(12-3)26-30(44(5,49)50)15-13-19-46(38(32)51-35,42(56)60-8)34-24-33-36(25-37(34)59-7)52(6)40-47(33)20-22-54-21-14-18-45(11-2,39(47)54)41(62-28(4)55)48(40,58)43(57)61-9/h1,14,16-18,23-25,30,39-41,51,58H,11-13,15,19-22,26-27H2,2-9H3/t30?,39-,40+,41+,45+,46-,47+,48-/m0/s1. The molecule has 12 nitrogen and oxygen atoms in total. The van der Waals surface area contributed by atoms with Gasteiger partial charge in [0.05, 0.1) is 27.4 Å². The van der Waals surface area contributed by atoms with E-state index in [0.29, 0.717) is 66.3 Å². The van der Waals surface area contributed by atoms with Gasteiger partial charge in [-0.15, -0.1) is 6.42 Å². The second-order valence-electron chi connectivity index (χ2n) is 18.1. The van der Waals surface area contributed by atoms with Gasteiger partial charge < -0.3 is 33.9 Å². The quantitative estimate of drug-likeness (QED) is 0.123. The first-order valence-corrected chi connectivity index (χ1v) is 21.6. The molecule has 8 rings (SSSR count). The van der Waals surface area contributed by atoms with Crippen molar-refractivity contribution in [1.82, 2.24) is 14.8 Å². The molecule has 332 valence electrons. The zero-order valence-corrected chi connectivity index (χ0v) is 36.9. The van der Waals surface area contributed by atoms with Crippen LogP contribution in [0.15, 0.2) is 42.5 Å². The Labute approximate surface area is 361 Å². The minimum Gasteiger partial charge on any atom is -0.496 e. The summed E-state index contributed by atoms with van der Waals surface area (Å²) in [4.78, 5) is 52.5. The zero-order chi connectivity index (χ0) is 44.7. The monoisotopic (exact) mass is 856 g/mol. The van der Waals surface area contributed by atoms with Gasteiger partial charge in [0.25, 0.3) is 0 Å². The Morgan fingerprint density at radius 3 is 2.42 bits per heavy atom. The van der Waals surface area contributed by atoms with Crippen LogP contribution in [-0.2, 0) is 46.0 Å². The average Bonchev–Trinajstić information content (AvgIpc) is 3.91. The molecule has 1 saturated carbocycles. The number of hydrogen-bond donors (Lipinski definition) is 2. The number of likely N-dealkylation sites (N-methyl/N-ethyl adjacent to an activating group) is 1. The summed E-state index contributed by atoms with van der Waals surface area (Å²) in [6, 6.07) is 8.01. The van der Waals surface area contributed by atoms with Crippen LogP contribution in [0.3, 0.4) is 0 Å². The Kier molecular flexibility index (Phi) is 10.8. The van der Waals surface area contributed by atoms with Crippen molar-refractivity contribution in [2.24, 2.45) is 11.3 Å². The minimum absolute atomic E-state index is 0.0828. The number of aromatic amines is 1. The van der Waals surface area contributed by atoms with Crippen molar-refractivity contribution in [2.45, 2.75) is 107 Å². The number of rotatable bonds is 8. The maximum Gasteiger partial charge on any atom is 0.344 e. The zero-order valence-electron chi connectivity index (χ0n) is 36.9. The number of carbonyl (C=O) groups is 3. The molecular formula is C48H58F2N4O8. The highest BCUT2D eigenvalue weighted by atomic mass is 19.3. The lowest BCUT2D eigenvalue weighted by Crippen LogP contribution is -2.81. The van der Waals surface area contributed by atoms with Gasteiger partial charge in [0.2, 0.25) is 11.5 Å². The third-order valence-electron chi connectivity index (χ3n) is 15.4. The number of nitrogens with one attached hydrogen (secondary N) is 1. The van der Waals surface area contributed by atoms with Crippen molar-refractivity contribution >= 4 is 34.5 Å². The summed E-state index contributed by atoms with van der Waals surface area (Å²) < 4.78 is 54.7. The third kappa shape index (κ3) is 5.90. The van der Waals surface area contributed by atoms with Gasteiger partial charge in [-0.3, -0.25) is 19.4 Å². The summed E-state index contributed by atoms with van der Waals surface area (Å²) in [5, 5.41) is 14.1. The number of carbonyl (C=O) groups excluding carboxylic acids is 3. The molecule has 5 aliphatic rings. The Morgan fingerprint density at radius 2 is 1.79 bits per heavy atom. The molecule has 1 aromatic heterocycles. The van der Waals surface area contributed by atoms with Crippen molar-refractivity contribution < 1.29 is 47.2 Å². The number of benzene rings is 2. The lowest BCUT2D eigenvalue weighted by molar-refractivity contribution is -0.228. The number of alkyl halides is 2. The Bertz CT molecular complexity index is 2390. The highest BCUT2D eigenvalue weighted by molar-refractivity contribution is 5.95. The molecule has 1 spiro atoms. The Hall–Kier alpha value is -4.97. The average molecular weight is 857 g/mol. The van der Waals surface area contributed by atoms with E-state index < -0.39 is 63.7 Å². The number of nitrogens with zero attached hydrogens (tertiary/aromatic N) is 3. The number of fused-ring (bicyclic) bond motifs is 4. The van der Waals surface area contributed by atoms with Crippen LogP contribution in [0.5, 0.6) is 5.75 Å². The number of esters is 3. The summed E-state index contributed by atoms with van der Waals surface area (Å²) in [5.41, 5.74) is -1.56. The third-order valence-corrected chi connectivity index (χ3v) is 15.4. The number of hydrogen-bond acceptors (Lipinski definition) is 11. The van der Waals surface area contributed by atoms with Crippen LogP contribution in [0.25, 0.3) is 10.9 Å². The van der Waals surface area contributed by atoms with E-state index in [1.165, 1.54) is 28.3 Å². The smallest absolute Gasteiger partial charge is 0.344 e. The molecule has 2 fully saturated rings. The van der Waals surface area contributed by atoms with E-state index in [9.17, 15) is 14.7 Å². The Balaban J connectivity index is 1.47. The van der Waals surface area contributed by atoms with E-state index in [1.807, 2.05) is 66.1 Å². The first-order chi connectivity index (χ1) is 29.5. The first kappa shape index (κ1) is 43.7. The van der Waals surface area contributed by atoms with Gasteiger partial charge in [0, 0.05) is 95.9 Å². The van der Waals surface area contributed by atoms with Crippen LogP contribution in [0.1, 0.15) is 87.7 Å². The Morgan fingerprint density at radius 1 is 1.05 bits per heavy atom. The molecule has 0 radical (unpaired) electrons. The maximum absolute atomic E-state index is 15.5. The van der Waals surface area contributed by atoms with Crippen molar-refractivity contribution in [2.75, 3.05) is 59.5 Å². The molecule has 62 heavy (non-hydrogen) atoms. The molecule has 4 aliphatic heterocycles. The lowest BCUT2D eigenvalue weighted by atomic mass is 9.47. The molecule has 1 saturated heterocycles. The maximum atomic E-state index is 15.5. The lowest BCUT2D eigenvalue weighted by Gasteiger charge is -2.63. The van der Waals surface area contributed by atoms with E-state index in [0.717, 1.165) is 23.4 Å². The van der Waals surface area contributed by atoms with E-state index in [1.54, 1.807) is 7.05 Å². The largest absolute Gasteiger partial charge is 0.496 e. The van der Waals surface area contributed by atoms with Crippen LogP contribution in [0, 0.1) is 23.7 Å². The van der Waals surface area contributed by atoms with Gasteiger partial charge in [0.15, 0.2) is 6.10 Å². The number of H-pyrrole nitrogens is 1. The molecule has 5 heterocycles. The van der Waals surface area contributed by atoms with Crippen LogP contribution in [-0.4, -0.2) is 122 Å². The highest BCUT2D eigenvalue weighted by Gasteiger charge is 2.80. The number of halogens is 2. The molecular weight excluding hydrogens is 799 g/mol. The fraction of sp³-hybridized carbons (Fsp3) is 0.562. The van der Waals surface area contributed by atoms with Gasteiger partial charge in [-0.2, -0.15) is 0 Å².